The SMILES string of the molecule is Cn1ncnc1CC(N)c1ccc2ccccc2c1. The highest BCUT2D eigenvalue weighted by molar-refractivity contribution is 5.83. The van der Waals surface area contributed by atoms with Gasteiger partial charge in [0.25, 0.3) is 0 Å². The molecule has 0 saturated carbocycles. The van der Waals surface area contributed by atoms with Gasteiger partial charge < -0.3 is 5.73 Å². The summed E-state index contributed by atoms with van der Waals surface area (Å²) in [5.41, 5.74) is 7.39. The Morgan fingerprint density at radius 3 is 2.68 bits per heavy atom. The van der Waals surface area contributed by atoms with Crippen molar-refractivity contribution in [3.8, 4) is 0 Å². The summed E-state index contributed by atoms with van der Waals surface area (Å²) in [6.45, 7) is 0. The molecule has 2 aromatic carbocycles. The Kier molecular flexibility index (Phi) is 3.01. The number of hydrogen-bond donors (Lipinski definition) is 1. The van der Waals surface area contributed by atoms with Crippen molar-refractivity contribution in [2.45, 2.75) is 12.5 Å². The van der Waals surface area contributed by atoms with E-state index in [4.69, 9.17) is 5.73 Å². The first kappa shape index (κ1) is 11.9. The number of hydrogen-bond acceptors (Lipinski definition) is 3. The van der Waals surface area contributed by atoms with E-state index < -0.39 is 0 Å². The quantitative estimate of drug-likeness (QED) is 0.777. The minimum absolute atomic E-state index is 0.0625. The molecule has 1 atom stereocenters. The van der Waals surface area contributed by atoms with E-state index in [1.807, 2.05) is 19.2 Å². The zero-order valence-electron chi connectivity index (χ0n) is 10.8. The predicted molar refractivity (Wildman–Crippen MR) is 75.6 cm³/mol. The summed E-state index contributed by atoms with van der Waals surface area (Å²) in [5.74, 6) is 0.903. The lowest BCUT2D eigenvalue weighted by atomic mass is 10.0. The molecular formula is C15H16N4. The van der Waals surface area contributed by atoms with Crippen LogP contribution in [0.15, 0.2) is 48.8 Å². The van der Waals surface area contributed by atoms with Crippen LogP contribution in [0.2, 0.25) is 0 Å². The molecule has 19 heavy (non-hydrogen) atoms. The molecular weight excluding hydrogens is 236 g/mol. The van der Waals surface area contributed by atoms with E-state index in [1.54, 1.807) is 11.0 Å². The highest BCUT2D eigenvalue weighted by Crippen LogP contribution is 2.21. The zero-order valence-corrected chi connectivity index (χ0v) is 10.8. The van der Waals surface area contributed by atoms with Crippen LogP contribution in [0.1, 0.15) is 17.4 Å². The Labute approximate surface area is 111 Å². The van der Waals surface area contributed by atoms with Crippen LogP contribution < -0.4 is 5.73 Å². The second-order valence-corrected chi connectivity index (χ2v) is 4.72. The Morgan fingerprint density at radius 2 is 1.95 bits per heavy atom. The maximum atomic E-state index is 6.27. The normalized spacial score (nSPS) is 12.7. The summed E-state index contributed by atoms with van der Waals surface area (Å²) in [6, 6.07) is 14.6. The van der Waals surface area contributed by atoms with Crippen LogP contribution in [0.25, 0.3) is 10.8 Å². The molecule has 4 nitrogen and oxygen atoms in total. The van der Waals surface area contributed by atoms with E-state index in [-0.39, 0.29) is 6.04 Å². The maximum Gasteiger partial charge on any atom is 0.138 e. The second kappa shape index (κ2) is 4.82. The van der Waals surface area contributed by atoms with Crippen LogP contribution in [0.5, 0.6) is 0 Å². The number of nitrogens with two attached hydrogens (primary N) is 1. The number of aromatic nitrogens is 3. The lowest BCUT2D eigenvalue weighted by Gasteiger charge is -2.12. The van der Waals surface area contributed by atoms with Crippen molar-refractivity contribution in [3.63, 3.8) is 0 Å². The van der Waals surface area contributed by atoms with E-state index >= 15 is 0 Å². The number of nitrogens with zero attached hydrogens (tertiary/aromatic N) is 3. The van der Waals surface area contributed by atoms with Gasteiger partial charge in [-0.25, -0.2) is 4.98 Å². The lowest BCUT2D eigenvalue weighted by Crippen LogP contribution is -2.16. The monoisotopic (exact) mass is 252 g/mol. The summed E-state index contributed by atoms with van der Waals surface area (Å²) in [6.07, 6.45) is 2.25. The standard InChI is InChI=1S/C15H16N4/c1-19-15(17-10-18-19)9-14(16)13-7-6-11-4-2-3-5-12(11)8-13/h2-8,10,14H,9,16H2,1H3. The summed E-state index contributed by atoms with van der Waals surface area (Å²) >= 11 is 0. The van der Waals surface area contributed by atoms with Gasteiger partial charge in [0, 0.05) is 19.5 Å². The summed E-state index contributed by atoms with van der Waals surface area (Å²) in [4.78, 5) is 4.22. The molecule has 0 bridgehead atoms. The van der Waals surface area contributed by atoms with E-state index in [2.05, 4.69) is 40.4 Å². The second-order valence-electron chi connectivity index (χ2n) is 4.72. The smallest absolute Gasteiger partial charge is 0.138 e. The lowest BCUT2D eigenvalue weighted by molar-refractivity contribution is 0.630. The van der Waals surface area contributed by atoms with Crippen molar-refractivity contribution < 1.29 is 0 Å². The third kappa shape index (κ3) is 2.35. The van der Waals surface area contributed by atoms with E-state index in [9.17, 15) is 0 Å². The summed E-state index contributed by atoms with van der Waals surface area (Å²) in [5, 5.41) is 6.51. The third-order valence-electron chi connectivity index (χ3n) is 3.41. The Bertz CT molecular complexity index is 702. The minimum atomic E-state index is -0.0625. The van der Waals surface area contributed by atoms with Gasteiger partial charge in [0.1, 0.15) is 12.2 Å². The average Bonchev–Trinajstić information content (AvgIpc) is 2.84. The van der Waals surface area contributed by atoms with Gasteiger partial charge in [-0.3, -0.25) is 4.68 Å². The van der Waals surface area contributed by atoms with Crippen LogP contribution in [0, 0.1) is 0 Å². The van der Waals surface area contributed by atoms with Crippen molar-refractivity contribution in [3.05, 3.63) is 60.2 Å². The zero-order chi connectivity index (χ0) is 13.2. The van der Waals surface area contributed by atoms with Crippen molar-refractivity contribution in [2.24, 2.45) is 12.8 Å². The van der Waals surface area contributed by atoms with Crippen molar-refractivity contribution in [2.75, 3.05) is 0 Å². The first-order valence-corrected chi connectivity index (χ1v) is 6.31. The fourth-order valence-corrected chi connectivity index (χ4v) is 2.26. The van der Waals surface area contributed by atoms with Crippen LogP contribution in [0.3, 0.4) is 0 Å². The predicted octanol–water partition coefficient (Wildman–Crippen LogP) is 2.21. The molecule has 1 aromatic heterocycles. The molecule has 0 aliphatic carbocycles. The Morgan fingerprint density at radius 1 is 1.16 bits per heavy atom. The molecule has 0 aliphatic rings. The number of aryl methyl sites for hydroxylation is 1. The molecule has 0 radical (unpaired) electrons. The topological polar surface area (TPSA) is 56.7 Å². The van der Waals surface area contributed by atoms with Gasteiger partial charge in [0.15, 0.2) is 0 Å². The van der Waals surface area contributed by atoms with E-state index in [0.717, 1.165) is 11.4 Å². The number of benzene rings is 2. The van der Waals surface area contributed by atoms with Crippen LogP contribution in [-0.4, -0.2) is 14.8 Å². The molecule has 1 unspecified atom stereocenters. The summed E-state index contributed by atoms with van der Waals surface area (Å²) < 4.78 is 1.76. The molecule has 3 rings (SSSR count). The third-order valence-corrected chi connectivity index (χ3v) is 3.41. The van der Waals surface area contributed by atoms with Gasteiger partial charge in [-0.15, -0.1) is 0 Å². The van der Waals surface area contributed by atoms with Gasteiger partial charge in [0.2, 0.25) is 0 Å². The molecule has 96 valence electrons. The molecule has 1 heterocycles. The maximum absolute atomic E-state index is 6.27. The van der Waals surface area contributed by atoms with Crippen LogP contribution in [-0.2, 0) is 13.5 Å². The molecule has 0 amide bonds. The minimum Gasteiger partial charge on any atom is -0.324 e. The van der Waals surface area contributed by atoms with Gasteiger partial charge in [0.05, 0.1) is 0 Å². The van der Waals surface area contributed by atoms with Crippen molar-refractivity contribution in [1.82, 2.24) is 14.8 Å². The fourth-order valence-electron chi connectivity index (χ4n) is 2.26. The van der Waals surface area contributed by atoms with E-state index in [1.165, 1.54) is 10.8 Å². The van der Waals surface area contributed by atoms with Crippen LogP contribution in [0.4, 0.5) is 0 Å². The number of fused-ring (bicyclic) bond motifs is 1. The first-order valence-electron chi connectivity index (χ1n) is 6.31. The van der Waals surface area contributed by atoms with Gasteiger partial charge in [-0.1, -0.05) is 36.4 Å². The molecule has 0 spiro atoms. The van der Waals surface area contributed by atoms with Crippen molar-refractivity contribution in [1.29, 1.82) is 0 Å². The fraction of sp³-hybridized carbons (Fsp3) is 0.200. The highest BCUT2D eigenvalue weighted by atomic mass is 15.3. The van der Waals surface area contributed by atoms with Crippen molar-refractivity contribution >= 4 is 10.8 Å². The first-order chi connectivity index (χ1) is 9.24. The molecule has 0 fully saturated rings. The van der Waals surface area contributed by atoms with Gasteiger partial charge in [-0.05, 0) is 22.4 Å². The molecule has 3 aromatic rings. The Hall–Kier alpha value is -2.20. The highest BCUT2D eigenvalue weighted by Gasteiger charge is 2.11. The largest absolute Gasteiger partial charge is 0.324 e. The average molecular weight is 252 g/mol. The molecule has 0 saturated heterocycles. The van der Waals surface area contributed by atoms with E-state index in [0.29, 0.717) is 6.42 Å². The number of rotatable bonds is 3. The van der Waals surface area contributed by atoms with Crippen LogP contribution >= 0.6 is 0 Å². The van der Waals surface area contributed by atoms with Gasteiger partial charge in [-0.2, -0.15) is 5.10 Å². The Balaban J connectivity index is 1.89. The molecule has 2 N–H and O–H groups in total. The van der Waals surface area contributed by atoms with Gasteiger partial charge >= 0.3 is 0 Å². The molecule has 0 aliphatic heterocycles. The summed E-state index contributed by atoms with van der Waals surface area (Å²) in [7, 11) is 1.88. The molecule has 4 heteroatoms.